The van der Waals surface area contributed by atoms with Gasteiger partial charge in [0, 0.05) is 12.6 Å². The number of hydrogen-bond donors (Lipinski definition) is 0. The van der Waals surface area contributed by atoms with Crippen LogP contribution in [-0.4, -0.2) is 12.6 Å². The molecule has 0 spiro atoms. The summed E-state index contributed by atoms with van der Waals surface area (Å²) in [6, 6.07) is 10.6. The van der Waals surface area contributed by atoms with Gasteiger partial charge >= 0.3 is 6.09 Å². The lowest BCUT2D eigenvalue weighted by Gasteiger charge is -2.17. The van der Waals surface area contributed by atoms with Crippen molar-refractivity contribution in [3.05, 3.63) is 57.0 Å². The molecule has 0 radical (unpaired) electrons. The molecule has 3 nitrogen and oxygen atoms in total. The highest BCUT2D eigenvalue weighted by Crippen LogP contribution is 2.35. The molecule has 1 aliphatic heterocycles. The standard InChI is InChI=1S/C15H10Cl3NO2/c16-10-7-12(18)14(8-11(10)17)21-15(20)19-6-5-9-3-1-2-4-13(9)19/h1-4,7-8H,5-6H2. The smallest absolute Gasteiger partial charge is 0.408 e. The summed E-state index contributed by atoms with van der Waals surface area (Å²) in [5.74, 6) is 0.195. The van der Waals surface area contributed by atoms with Crippen molar-refractivity contribution < 1.29 is 9.53 Å². The average molecular weight is 343 g/mol. The molecule has 0 saturated carbocycles. The minimum Gasteiger partial charge on any atom is -0.408 e. The summed E-state index contributed by atoms with van der Waals surface area (Å²) in [4.78, 5) is 13.9. The summed E-state index contributed by atoms with van der Waals surface area (Å²) in [6.07, 6.45) is 0.320. The van der Waals surface area contributed by atoms with Crippen molar-refractivity contribution in [2.45, 2.75) is 6.42 Å². The minimum absolute atomic E-state index is 0.195. The van der Waals surface area contributed by atoms with Gasteiger partial charge in [-0.2, -0.15) is 0 Å². The van der Waals surface area contributed by atoms with Crippen LogP contribution in [0.25, 0.3) is 0 Å². The van der Waals surface area contributed by atoms with Gasteiger partial charge in [-0.25, -0.2) is 4.79 Å². The molecule has 0 atom stereocenters. The monoisotopic (exact) mass is 341 g/mol. The summed E-state index contributed by atoms with van der Waals surface area (Å²) in [5, 5.41) is 0.837. The van der Waals surface area contributed by atoms with Crippen LogP contribution in [0.15, 0.2) is 36.4 Å². The first-order valence-corrected chi connectivity index (χ1v) is 7.41. The van der Waals surface area contributed by atoms with E-state index in [-0.39, 0.29) is 15.8 Å². The summed E-state index contributed by atoms with van der Waals surface area (Å²) in [6.45, 7) is 0.580. The molecule has 1 amide bonds. The van der Waals surface area contributed by atoms with Crippen LogP contribution in [0, 0.1) is 0 Å². The van der Waals surface area contributed by atoms with Gasteiger partial charge < -0.3 is 4.74 Å². The molecule has 3 rings (SSSR count). The number of nitrogens with zero attached hydrogens (tertiary/aromatic N) is 1. The average Bonchev–Trinajstić information content (AvgIpc) is 2.88. The third-order valence-corrected chi connectivity index (χ3v) is 4.30. The Morgan fingerprint density at radius 1 is 1.05 bits per heavy atom. The highest BCUT2D eigenvalue weighted by atomic mass is 35.5. The van der Waals surface area contributed by atoms with Gasteiger partial charge in [0.2, 0.25) is 0 Å². The zero-order chi connectivity index (χ0) is 15.0. The molecule has 21 heavy (non-hydrogen) atoms. The van der Waals surface area contributed by atoms with Gasteiger partial charge in [-0.05, 0) is 24.1 Å². The third-order valence-electron chi connectivity index (χ3n) is 3.28. The van der Waals surface area contributed by atoms with Crippen molar-refractivity contribution in [3.8, 4) is 5.75 Å². The zero-order valence-corrected chi connectivity index (χ0v) is 13.0. The number of halogens is 3. The molecular weight excluding hydrogens is 333 g/mol. The Morgan fingerprint density at radius 3 is 2.57 bits per heavy atom. The second-order valence-corrected chi connectivity index (χ2v) is 5.82. The zero-order valence-electron chi connectivity index (χ0n) is 10.8. The summed E-state index contributed by atoms with van der Waals surface area (Å²) >= 11 is 17.8. The Bertz CT molecular complexity index is 718. The van der Waals surface area contributed by atoms with Crippen molar-refractivity contribution in [2.24, 2.45) is 0 Å². The van der Waals surface area contributed by atoms with Crippen LogP contribution < -0.4 is 9.64 Å². The SMILES string of the molecule is O=C(Oc1cc(Cl)c(Cl)cc1Cl)N1CCc2ccccc21. The van der Waals surface area contributed by atoms with Crippen molar-refractivity contribution in [3.63, 3.8) is 0 Å². The molecule has 0 fully saturated rings. The first-order chi connectivity index (χ1) is 10.1. The first kappa shape index (κ1) is 14.5. The number of anilines is 1. The van der Waals surface area contributed by atoms with E-state index in [2.05, 4.69) is 0 Å². The van der Waals surface area contributed by atoms with Crippen LogP contribution in [0.4, 0.5) is 10.5 Å². The van der Waals surface area contributed by atoms with Crippen molar-refractivity contribution in [2.75, 3.05) is 11.4 Å². The molecule has 0 aromatic heterocycles. The van der Waals surface area contributed by atoms with Crippen molar-refractivity contribution in [1.82, 2.24) is 0 Å². The lowest BCUT2D eigenvalue weighted by Crippen LogP contribution is -2.31. The number of carbonyl (C=O) groups excluding carboxylic acids is 1. The van der Waals surface area contributed by atoms with Crippen LogP contribution in [0.5, 0.6) is 5.75 Å². The fourth-order valence-corrected chi connectivity index (χ4v) is 2.83. The normalized spacial score (nSPS) is 13.2. The summed E-state index contributed by atoms with van der Waals surface area (Å²) < 4.78 is 5.33. The van der Waals surface area contributed by atoms with Crippen LogP contribution in [0.3, 0.4) is 0 Å². The Balaban J connectivity index is 1.84. The number of para-hydroxylation sites is 1. The molecule has 0 unspecified atom stereocenters. The molecular formula is C15H10Cl3NO2. The van der Waals surface area contributed by atoms with Crippen LogP contribution >= 0.6 is 34.8 Å². The molecule has 0 N–H and O–H groups in total. The molecule has 1 aliphatic rings. The quantitative estimate of drug-likeness (QED) is 0.666. The van der Waals surface area contributed by atoms with Gasteiger partial charge in [0.25, 0.3) is 0 Å². The molecule has 108 valence electrons. The van der Waals surface area contributed by atoms with E-state index >= 15 is 0 Å². The fraction of sp³-hybridized carbons (Fsp3) is 0.133. The lowest BCUT2D eigenvalue weighted by molar-refractivity contribution is 0.208. The molecule has 0 aliphatic carbocycles. The second-order valence-electron chi connectivity index (χ2n) is 4.60. The Morgan fingerprint density at radius 2 is 1.76 bits per heavy atom. The Labute approximate surface area is 137 Å². The largest absolute Gasteiger partial charge is 0.419 e. The number of benzene rings is 2. The van der Waals surface area contributed by atoms with Gasteiger partial charge in [0.15, 0.2) is 5.75 Å². The van der Waals surface area contributed by atoms with Crippen molar-refractivity contribution in [1.29, 1.82) is 0 Å². The highest BCUT2D eigenvalue weighted by Gasteiger charge is 2.26. The third kappa shape index (κ3) is 2.82. The topological polar surface area (TPSA) is 29.5 Å². The van der Waals surface area contributed by atoms with Crippen LogP contribution in [0.2, 0.25) is 15.1 Å². The Kier molecular flexibility index (Phi) is 3.98. The van der Waals surface area contributed by atoms with E-state index in [0.29, 0.717) is 11.6 Å². The van der Waals surface area contributed by atoms with Gasteiger partial charge in [-0.15, -0.1) is 0 Å². The maximum absolute atomic E-state index is 12.3. The fourth-order valence-electron chi connectivity index (χ4n) is 2.26. The molecule has 6 heteroatoms. The lowest BCUT2D eigenvalue weighted by atomic mass is 10.2. The molecule has 0 bridgehead atoms. The second kappa shape index (κ2) is 5.76. The predicted molar refractivity (Wildman–Crippen MR) is 85.0 cm³/mol. The molecule has 0 saturated heterocycles. The van der Waals surface area contributed by atoms with Gasteiger partial charge in [0.1, 0.15) is 0 Å². The van der Waals surface area contributed by atoms with E-state index in [1.165, 1.54) is 12.1 Å². The van der Waals surface area contributed by atoms with E-state index in [1.54, 1.807) is 4.90 Å². The summed E-state index contributed by atoms with van der Waals surface area (Å²) in [5.41, 5.74) is 1.98. The van der Waals surface area contributed by atoms with Crippen molar-refractivity contribution >= 4 is 46.6 Å². The van der Waals surface area contributed by atoms with E-state index in [1.807, 2.05) is 24.3 Å². The first-order valence-electron chi connectivity index (χ1n) is 6.28. The highest BCUT2D eigenvalue weighted by molar-refractivity contribution is 6.43. The number of ether oxygens (including phenoxy) is 1. The summed E-state index contributed by atoms with van der Waals surface area (Å²) in [7, 11) is 0. The molecule has 1 heterocycles. The predicted octanol–water partition coefficient (Wildman–Crippen LogP) is 5.21. The minimum atomic E-state index is -0.486. The van der Waals surface area contributed by atoms with Crippen LogP contribution in [-0.2, 0) is 6.42 Å². The number of rotatable bonds is 1. The van der Waals surface area contributed by atoms with E-state index in [9.17, 15) is 4.79 Å². The maximum atomic E-state index is 12.3. The Hall–Kier alpha value is -1.42. The van der Waals surface area contributed by atoms with Gasteiger partial charge in [0.05, 0.1) is 20.8 Å². The molecule has 2 aromatic rings. The van der Waals surface area contributed by atoms with Gasteiger partial charge in [-0.1, -0.05) is 53.0 Å². The van der Waals surface area contributed by atoms with E-state index in [4.69, 9.17) is 39.5 Å². The number of hydrogen-bond acceptors (Lipinski definition) is 2. The number of carbonyl (C=O) groups is 1. The maximum Gasteiger partial charge on any atom is 0.419 e. The van der Waals surface area contributed by atoms with Crippen LogP contribution in [0.1, 0.15) is 5.56 Å². The van der Waals surface area contributed by atoms with E-state index in [0.717, 1.165) is 17.7 Å². The number of amides is 1. The van der Waals surface area contributed by atoms with E-state index < -0.39 is 6.09 Å². The molecule has 2 aromatic carbocycles. The number of fused-ring (bicyclic) bond motifs is 1. The van der Waals surface area contributed by atoms with Gasteiger partial charge in [-0.3, -0.25) is 4.90 Å².